The summed E-state index contributed by atoms with van der Waals surface area (Å²) in [6.45, 7) is 7.89. The van der Waals surface area contributed by atoms with Crippen LogP contribution in [-0.2, 0) is 6.54 Å². The monoisotopic (exact) mass is 265 g/mol. The standard InChI is InChI=1S/C14H23N3S/c1-10-5-7-17(8-6-10)14-16-11(2)13(18-14)9-15-12-3-4-12/h10,12,15H,3-9H2,1-2H3. The molecule has 0 unspecified atom stereocenters. The van der Waals surface area contributed by atoms with Crippen molar-refractivity contribution in [2.24, 2.45) is 5.92 Å². The molecule has 0 atom stereocenters. The van der Waals surface area contributed by atoms with Gasteiger partial charge in [-0.3, -0.25) is 0 Å². The molecule has 100 valence electrons. The van der Waals surface area contributed by atoms with Crippen LogP contribution in [0.2, 0.25) is 0 Å². The fourth-order valence-corrected chi connectivity index (χ4v) is 3.50. The SMILES string of the molecule is Cc1nc(N2CCC(C)CC2)sc1CNC1CC1. The molecule has 3 rings (SSSR count). The van der Waals surface area contributed by atoms with Crippen molar-refractivity contribution >= 4 is 16.5 Å². The molecule has 2 aliphatic rings. The molecule has 2 heterocycles. The van der Waals surface area contributed by atoms with Crippen LogP contribution in [0, 0.1) is 12.8 Å². The van der Waals surface area contributed by atoms with E-state index in [2.05, 4.69) is 24.1 Å². The van der Waals surface area contributed by atoms with Crippen molar-refractivity contribution < 1.29 is 0 Å². The first-order valence-electron chi connectivity index (χ1n) is 7.17. The number of hydrogen-bond donors (Lipinski definition) is 1. The Labute approximate surface area is 114 Å². The van der Waals surface area contributed by atoms with E-state index in [0.29, 0.717) is 0 Å². The summed E-state index contributed by atoms with van der Waals surface area (Å²) in [6.07, 6.45) is 5.34. The number of aromatic nitrogens is 1. The normalized spacial score (nSPS) is 21.6. The molecule has 3 nitrogen and oxygen atoms in total. The van der Waals surface area contributed by atoms with Gasteiger partial charge < -0.3 is 10.2 Å². The predicted octanol–water partition coefficient (Wildman–Crippen LogP) is 2.94. The largest absolute Gasteiger partial charge is 0.348 e. The van der Waals surface area contributed by atoms with Crippen molar-refractivity contribution in [1.82, 2.24) is 10.3 Å². The molecule has 1 saturated carbocycles. The van der Waals surface area contributed by atoms with Gasteiger partial charge in [-0.2, -0.15) is 0 Å². The van der Waals surface area contributed by atoms with E-state index in [0.717, 1.165) is 18.5 Å². The second kappa shape index (κ2) is 5.17. The highest BCUT2D eigenvalue weighted by atomic mass is 32.1. The van der Waals surface area contributed by atoms with Crippen LogP contribution in [0.3, 0.4) is 0 Å². The summed E-state index contributed by atoms with van der Waals surface area (Å²) < 4.78 is 0. The Morgan fingerprint density at radius 1 is 1.28 bits per heavy atom. The summed E-state index contributed by atoms with van der Waals surface area (Å²) in [6, 6.07) is 0.783. The van der Waals surface area contributed by atoms with Crippen LogP contribution >= 0.6 is 11.3 Å². The van der Waals surface area contributed by atoms with Gasteiger partial charge >= 0.3 is 0 Å². The molecule has 0 radical (unpaired) electrons. The molecule has 0 bridgehead atoms. The second-order valence-electron chi connectivity index (χ2n) is 5.83. The number of anilines is 1. The molecule has 4 heteroatoms. The molecule has 0 amide bonds. The third kappa shape index (κ3) is 2.86. The Hall–Kier alpha value is -0.610. The maximum Gasteiger partial charge on any atom is 0.185 e. The Kier molecular flexibility index (Phi) is 3.57. The van der Waals surface area contributed by atoms with E-state index in [4.69, 9.17) is 4.98 Å². The van der Waals surface area contributed by atoms with Gasteiger partial charge in [0.2, 0.25) is 0 Å². The Bertz CT molecular complexity index is 403. The number of nitrogens with one attached hydrogen (secondary N) is 1. The summed E-state index contributed by atoms with van der Waals surface area (Å²) in [5, 5.41) is 4.83. The van der Waals surface area contributed by atoms with Gasteiger partial charge in [0.05, 0.1) is 5.69 Å². The minimum absolute atomic E-state index is 0.783. The van der Waals surface area contributed by atoms with E-state index in [1.165, 1.54) is 54.5 Å². The molecule has 18 heavy (non-hydrogen) atoms. The highest BCUT2D eigenvalue weighted by Gasteiger charge is 2.22. The van der Waals surface area contributed by atoms with Crippen molar-refractivity contribution in [1.29, 1.82) is 0 Å². The van der Waals surface area contributed by atoms with E-state index in [1.54, 1.807) is 0 Å². The predicted molar refractivity (Wildman–Crippen MR) is 77.3 cm³/mol. The molecular formula is C14H23N3S. The lowest BCUT2D eigenvalue weighted by atomic mass is 10.00. The molecule has 1 aromatic heterocycles. The Balaban J connectivity index is 1.63. The summed E-state index contributed by atoms with van der Waals surface area (Å²) in [5.41, 5.74) is 1.22. The van der Waals surface area contributed by atoms with Crippen molar-refractivity contribution in [3.8, 4) is 0 Å². The maximum absolute atomic E-state index is 4.76. The van der Waals surface area contributed by atoms with Gasteiger partial charge in [-0.1, -0.05) is 6.92 Å². The molecular weight excluding hydrogens is 242 g/mol. The molecule has 1 aliphatic carbocycles. The van der Waals surface area contributed by atoms with Gasteiger partial charge in [0.1, 0.15) is 0 Å². The number of piperidine rings is 1. The Morgan fingerprint density at radius 2 is 2.00 bits per heavy atom. The molecule has 0 spiro atoms. The van der Waals surface area contributed by atoms with Gasteiger partial charge in [0.15, 0.2) is 5.13 Å². The van der Waals surface area contributed by atoms with Gasteiger partial charge in [-0.25, -0.2) is 4.98 Å². The smallest absolute Gasteiger partial charge is 0.185 e. The van der Waals surface area contributed by atoms with Crippen LogP contribution in [0.25, 0.3) is 0 Å². The van der Waals surface area contributed by atoms with Gasteiger partial charge in [-0.15, -0.1) is 11.3 Å². The van der Waals surface area contributed by atoms with Crippen LogP contribution in [0.5, 0.6) is 0 Å². The zero-order chi connectivity index (χ0) is 12.5. The van der Waals surface area contributed by atoms with Crippen LogP contribution in [-0.4, -0.2) is 24.1 Å². The highest BCUT2D eigenvalue weighted by molar-refractivity contribution is 7.15. The quantitative estimate of drug-likeness (QED) is 0.907. The van der Waals surface area contributed by atoms with Crippen molar-refractivity contribution in [3.05, 3.63) is 10.6 Å². The van der Waals surface area contributed by atoms with E-state index in [-0.39, 0.29) is 0 Å². The van der Waals surface area contributed by atoms with Crippen LogP contribution in [0.1, 0.15) is 43.2 Å². The minimum atomic E-state index is 0.783. The molecule has 0 aromatic carbocycles. The highest BCUT2D eigenvalue weighted by Crippen LogP contribution is 2.30. The topological polar surface area (TPSA) is 28.2 Å². The summed E-state index contributed by atoms with van der Waals surface area (Å²) in [7, 11) is 0. The zero-order valence-electron chi connectivity index (χ0n) is 11.4. The number of aryl methyl sites for hydroxylation is 1. The number of thiazole rings is 1. The van der Waals surface area contributed by atoms with E-state index in [1.807, 2.05) is 11.3 Å². The average molecular weight is 265 g/mol. The molecule has 1 N–H and O–H groups in total. The third-order valence-electron chi connectivity index (χ3n) is 4.06. The summed E-state index contributed by atoms with van der Waals surface area (Å²) >= 11 is 1.89. The van der Waals surface area contributed by atoms with E-state index < -0.39 is 0 Å². The lowest BCUT2D eigenvalue weighted by molar-refractivity contribution is 0.438. The first kappa shape index (κ1) is 12.4. The fraction of sp³-hybridized carbons (Fsp3) is 0.786. The molecule has 2 fully saturated rings. The van der Waals surface area contributed by atoms with Crippen LogP contribution < -0.4 is 10.2 Å². The number of rotatable bonds is 4. The van der Waals surface area contributed by atoms with Crippen molar-refractivity contribution in [2.75, 3.05) is 18.0 Å². The average Bonchev–Trinajstić information content (AvgIpc) is 3.12. The number of nitrogens with zero attached hydrogens (tertiary/aromatic N) is 2. The van der Waals surface area contributed by atoms with E-state index in [9.17, 15) is 0 Å². The molecule has 1 aliphatic heterocycles. The van der Waals surface area contributed by atoms with E-state index >= 15 is 0 Å². The first-order chi connectivity index (χ1) is 8.72. The van der Waals surface area contributed by atoms with Crippen LogP contribution in [0.4, 0.5) is 5.13 Å². The van der Waals surface area contributed by atoms with Gasteiger partial charge in [-0.05, 0) is 38.5 Å². The maximum atomic E-state index is 4.76. The Morgan fingerprint density at radius 3 is 2.67 bits per heavy atom. The molecule has 1 saturated heterocycles. The van der Waals surface area contributed by atoms with Gasteiger partial charge in [0, 0.05) is 30.6 Å². The van der Waals surface area contributed by atoms with Crippen LogP contribution in [0.15, 0.2) is 0 Å². The van der Waals surface area contributed by atoms with Crippen molar-refractivity contribution in [2.45, 2.75) is 52.1 Å². The zero-order valence-corrected chi connectivity index (χ0v) is 12.2. The van der Waals surface area contributed by atoms with Crippen molar-refractivity contribution in [3.63, 3.8) is 0 Å². The fourth-order valence-electron chi connectivity index (χ4n) is 2.44. The first-order valence-corrected chi connectivity index (χ1v) is 7.98. The van der Waals surface area contributed by atoms with Gasteiger partial charge in [0.25, 0.3) is 0 Å². The lowest BCUT2D eigenvalue weighted by Gasteiger charge is -2.29. The lowest BCUT2D eigenvalue weighted by Crippen LogP contribution is -2.32. The third-order valence-corrected chi connectivity index (χ3v) is 5.28. The minimum Gasteiger partial charge on any atom is -0.348 e. The summed E-state index contributed by atoms with van der Waals surface area (Å²) in [4.78, 5) is 8.66. The second-order valence-corrected chi connectivity index (χ2v) is 6.89. The summed E-state index contributed by atoms with van der Waals surface area (Å²) in [5.74, 6) is 0.887. The molecule has 1 aromatic rings. The number of hydrogen-bond acceptors (Lipinski definition) is 4.